The van der Waals surface area contributed by atoms with Crippen molar-refractivity contribution in [2.45, 2.75) is 64.5 Å². The molecule has 0 bridgehead atoms. The summed E-state index contributed by atoms with van der Waals surface area (Å²) in [4.78, 5) is 2.45. The number of benzene rings is 1. The summed E-state index contributed by atoms with van der Waals surface area (Å²) in [6, 6.07) is 7.05. The van der Waals surface area contributed by atoms with Crippen LogP contribution < -0.4 is 10.6 Å². The molecule has 2 rings (SSSR count). The number of hydrogen-bond donors (Lipinski definition) is 1. The predicted molar refractivity (Wildman–Crippen MR) is 93.2 cm³/mol. The van der Waals surface area contributed by atoms with Gasteiger partial charge in [0.05, 0.1) is 0 Å². The first-order valence-corrected chi connectivity index (χ1v) is 8.68. The summed E-state index contributed by atoms with van der Waals surface area (Å²) >= 11 is 6.47. The zero-order chi connectivity index (χ0) is 15.4. The van der Waals surface area contributed by atoms with Crippen LogP contribution in [0.2, 0.25) is 5.02 Å². The minimum absolute atomic E-state index is 0.181. The maximum Gasteiger partial charge on any atom is 0.0459 e. The molecular formula is C18H29ClN2. The molecule has 3 atom stereocenters. The third kappa shape index (κ3) is 3.92. The standard InChI is InChI=1S/C18H29ClN2/c1-4-14(20)12-15-16(19)9-7-11-18(15)21(3)17-10-6-5-8-13(17)2/h7,9,11,13-14,17H,4-6,8,10,12,20H2,1-3H3. The van der Waals surface area contributed by atoms with Crippen LogP contribution in [0.4, 0.5) is 5.69 Å². The molecule has 0 heterocycles. The first-order chi connectivity index (χ1) is 10.0. The van der Waals surface area contributed by atoms with Crippen LogP contribution in [-0.4, -0.2) is 19.1 Å². The molecule has 3 heteroatoms. The fourth-order valence-electron chi connectivity index (χ4n) is 3.54. The highest BCUT2D eigenvalue weighted by molar-refractivity contribution is 6.31. The van der Waals surface area contributed by atoms with Gasteiger partial charge < -0.3 is 10.6 Å². The van der Waals surface area contributed by atoms with Crippen molar-refractivity contribution in [2.75, 3.05) is 11.9 Å². The highest BCUT2D eigenvalue weighted by Gasteiger charge is 2.26. The zero-order valence-corrected chi connectivity index (χ0v) is 14.4. The summed E-state index contributed by atoms with van der Waals surface area (Å²) in [5, 5.41) is 0.853. The van der Waals surface area contributed by atoms with Crippen molar-refractivity contribution < 1.29 is 0 Å². The van der Waals surface area contributed by atoms with Crippen LogP contribution in [0.15, 0.2) is 18.2 Å². The van der Waals surface area contributed by atoms with Gasteiger partial charge in [-0.2, -0.15) is 0 Å². The normalized spacial score (nSPS) is 23.9. The van der Waals surface area contributed by atoms with E-state index in [1.54, 1.807) is 0 Å². The summed E-state index contributed by atoms with van der Waals surface area (Å²) in [6.07, 6.45) is 7.16. The second-order valence-electron chi connectivity index (χ2n) is 6.55. The monoisotopic (exact) mass is 308 g/mol. The van der Waals surface area contributed by atoms with Gasteiger partial charge >= 0.3 is 0 Å². The molecule has 0 aliphatic heterocycles. The van der Waals surface area contributed by atoms with Gasteiger partial charge in [0.1, 0.15) is 0 Å². The molecule has 3 unspecified atom stereocenters. The first kappa shape index (κ1) is 16.6. The van der Waals surface area contributed by atoms with E-state index in [1.807, 2.05) is 6.07 Å². The summed E-state index contributed by atoms with van der Waals surface area (Å²) in [7, 11) is 2.22. The Hall–Kier alpha value is -0.730. The number of halogens is 1. The lowest BCUT2D eigenvalue weighted by Crippen LogP contribution is -2.39. The molecule has 2 N–H and O–H groups in total. The molecule has 0 amide bonds. The highest BCUT2D eigenvalue weighted by Crippen LogP contribution is 2.34. The van der Waals surface area contributed by atoms with E-state index < -0.39 is 0 Å². The van der Waals surface area contributed by atoms with Gasteiger partial charge in [0.25, 0.3) is 0 Å². The number of hydrogen-bond acceptors (Lipinski definition) is 2. The second kappa shape index (κ2) is 7.51. The van der Waals surface area contributed by atoms with Crippen LogP contribution in [0.25, 0.3) is 0 Å². The van der Waals surface area contributed by atoms with Gasteiger partial charge in [-0.15, -0.1) is 0 Å². The van der Waals surface area contributed by atoms with Crippen molar-refractivity contribution in [2.24, 2.45) is 11.7 Å². The average Bonchev–Trinajstić information content (AvgIpc) is 2.49. The Morgan fingerprint density at radius 3 is 2.71 bits per heavy atom. The maximum absolute atomic E-state index is 6.47. The Morgan fingerprint density at radius 2 is 2.05 bits per heavy atom. The van der Waals surface area contributed by atoms with Crippen LogP contribution in [-0.2, 0) is 6.42 Å². The van der Waals surface area contributed by atoms with E-state index in [1.165, 1.54) is 36.9 Å². The van der Waals surface area contributed by atoms with E-state index in [2.05, 4.69) is 37.9 Å². The fourth-order valence-corrected chi connectivity index (χ4v) is 3.78. The summed E-state index contributed by atoms with van der Waals surface area (Å²) in [5.74, 6) is 0.746. The number of rotatable bonds is 5. The minimum atomic E-state index is 0.181. The van der Waals surface area contributed by atoms with Crippen LogP contribution in [0, 0.1) is 5.92 Å². The van der Waals surface area contributed by atoms with Gasteiger partial charge in [-0.25, -0.2) is 0 Å². The molecule has 0 spiro atoms. The second-order valence-corrected chi connectivity index (χ2v) is 6.96. The highest BCUT2D eigenvalue weighted by atomic mass is 35.5. The van der Waals surface area contributed by atoms with E-state index in [0.717, 1.165) is 23.8 Å². The summed E-state index contributed by atoms with van der Waals surface area (Å²) in [5.41, 5.74) is 8.66. The van der Waals surface area contributed by atoms with Gasteiger partial charge in [-0.05, 0) is 49.3 Å². The van der Waals surface area contributed by atoms with Gasteiger partial charge in [-0.3, -0.25) is 0 Å². The first-order valence-electron chi connectivity index (χ1n) is 8.30. The van der Waals surface area contributed by atoms with Crippen molar-refractivity contribution in [3.05, 3.63) is 28.8 Å². The zero-order valence-electron chi connectivity index (χ0n) is 13.6. The lowest BCUT2D eigenvalue weighted by Gasteiger charge is -2.39. The van der Waals surface area contributed by atoms with Crippen LogP contribution in [0.5, 0.6) is 0 Å². The van der Waals surface area contributed by atoms with E-state index in [9.17, 15) is 0 Å². The molecule has 1 saturated carbocycles. The minimum Gasteiger partial charge on any atom is -0.371 e. The third-order valence-corrected chi connectivity index (χ3v) is 5.38. The van der Waals surface area contributed by atoms with E-state index in [0.29, 0.717) is 6.04 Å². The number of anilines is 1. The molecule has 0 saturated heterocycles. The largest absolute Gasteiger partial charge is 0.371 e. The smallest absolute Gasteiger partial charge is 0.0459 e. The molecule has 1 aromatic carbocycles. The molecular weight excluding hydrogens is 280 g/mol. The molecule has 2 nitrogen and oxygen atoms in total. The number of nitrogens with zero attached hydrogens (tertiary/aromatic N) is 1. The van der Waals surface area contributed by atoms with Gasteiger partial charge in [0, 0.05) is 29.8 Å². The topological polar surface area (TPSA) is 29.3 Å². The van der Waals surface area contributed by atoms with E-state index >= 15 is 0 Å². The lowest BCUT2D eigenvalue weighted by atomic mass is 9.84. The van der Waals surface area contributed by atoms with Crippen LogP contribution in [0.1, 0.15) is 51.5 Å². The van der Waals surface area contributed by atoms with E-state index in [4.69, 9.17) is 17.3 Å². The van der Waals surface area contributed by atoms with Gasteiger partial charge in [0.2, 0.25) is 0 Å². The van der Waals surface area contributed by atoms with Gasteiger partial charge in [0.15, 0.2) is 0 Å². The molecule has 0 radical (unpaired) electrons. The van der Waals surface area contributed by atoms with Crippen molar-refractivity contribution >= 4 is 17.3 Å². The molecule has 0 aromatic heterocycles. The quantitative estimate of drug-likeness (QED) is 0.859. The SMILES string of the molecule is CCC(N)Cc1c(Cl)cccc1N(C)C1CCCCC1C. The van der Waals surface area contributed by atoms with Crippen LogP contribution >= 0.6 is 11.6 Å². The third-order valence-electron chi connectivity index (χ3n) is 5.03. The Kier molecular flexibility index (Phi) is 5.95. The average molecular weight is 309 g/mol. The molecule has 1 aliphatic carbocycles. The summed E-state index contributed by atoms with van der Waals surface area (Å²) in [6.45, 7) is 4.51. The Bertz CT molecular complexity index is 461. The van der Waals surface area contributed by atoms with Crippen molar-refractivity contribution in [1.29, 1.82) is 0 Å². The Labute approximate surface area is 134 Å². The molecule has 1 aromatic rings. The molecule has 1 fully saturated rings. The maximum atomic E-state index is 6.47. The van der Waals surface area contributed by atoms with Gasteiger partial charge in [-0.1, -0.05) is 44.4 Å². The lowest BCUT2D eigenvalue weighted by molar-refractivity contribution is 0.321. The number of nitrogens with two attached hydrogens (primary N) is 1. The van der Waals surface area contributed by atoms with Crippen molar-refractivity contribution in [1.82, 2.24) is 0 Å². The summed E-state index contributed by atoms with van der Waals surface area (Å²) < 4.78 is 0. The Balaban J connectivity index is 2.27. The van der Waals surface area contributed by atoms with E-state index in [-0.39, 0.29) is 6.04 Å². The van der Waals surface area contributed by atoms with Crippen molar-refractivity contribution in [3.63, 3.8) is 0 Å². The van der Waals surface area contributed by atoms with Crippen LogP contribution in [0.3, 0.4) is 0 Å². The Morgan fingerprint density at radius 1 is 1.33 bits per heavy atom. The molecule has 1 aliphatic rings. The fraction of sp³-hybridized carbons (Fsp3) is 0.667. The molecule has 21 heavy (non-hydrogen) atoms. The van der Waals surface area contributed by atoms with Crippen molar-refractivity contribution in [3.8, 4) is 0 Å². The predicted octanol–water partition coefficient (Wildman–Crippen LogP) is 4.63. The molecule has 118 valence electrons.